The predicted molar refractivity (Wildman–Crippen MR) is 131 cm³/mol. The zero-order valence-electron chi connectivity index (χ0n) is 18.6. The van der Waals surface area contributed by atoms with Crippen molar-refractivity contribution in [2.75, 3.05) is 6.61 Å². The highest BCUT2D eigenvalue weighted by molar-refractivity contribution is 9.10. The summed E-state index contributed by atoms with van der Waals surface area (Å²) in [5.74, 6) is 0.204. The Kier molecular flexibility index (Phi) is 9.00. The summed E-state index contributed by atoms with van der Waals surface area (Å²) < 4.78 is 6.45. The molecule has 3 rings (SSSR count). The standard InChI is InChI=1S/C25H30BrClN2O3/c1-3-22(25(31)28-20-6-4-5-7-20)29(15-18-10-8-17(2)9-11-18)24(30)16-32-23-13-12-19(27)14-21(23)26/h8-14,20,22H,3-7,15-16H2,1-2H3,(H,28,31)/t22-/m1/s1. The molecule has 7 heteroatoms. The molecular formula is C25H30BrClN2O3. The van der Waals surface area contributed by atoms with E-state index in [0.29, 0.717) is 28.2 Å². The minimum Gasteiger partial charge on any atom is -0.483 e. The number of benzene rings is 2. The van der Waals surface area contributed by atoms with E-state index in [0.717, 1.165) is 36.8 Å². The monoisotopic (exact) mass is 520 g/mol. The Morgan fingerprint density at radius 1 is 1.19 bits per heavy atom. The van der Waals surface area contributed by atoms with Crippen LogP contribution in [0.2, 0.25) is 5.02 Å². The molecule has 1 saturated carbocycles. The van der Waals surface area contributed by atoms with Crippen molar-refractivity contribution in [2.45, 2.75) is 64.6 Å². The van der Waals surface area contributed by atoms with Crippen molar-refractivity contribution in [1.29, 1.82) is 0 Å². The number of aryl methyl sites for hydroxylation is 1. The maximum atomic E-state index is 13.3. The van der Waals surface area contributed by atoms with Crippen molar-refractivity contribution in [3.8, 4) is 5.75 Å². The molecule has 2 aromatic carbocycles. The summed E-state index contributed by atoms with van der Waals surface area (Å²) in [7, 11) is 0. The van der Waals surface area contributed by atoms with Crippen LogP contribution in [0, 0.1) is 6.92 Å². The van der Waals surface area contributed by atoms with E-state index in [1.807, 2.05) is 38.1 Å². The number of carbonyl (C=O) groups is 2. The molecule has 0 bridgehead atoms. The van der Waals surface area contributed by atoms with Gasteiger partial charge in [0.15, 0.2) is 6.61 Å². The summed E-state index contributed by atoms with van der Waals surface area (Å²) in [5, 5.41) is 3.73. The Hall–Kier alpha value is -2.05. The van der Waals surface area contributed by atoms with Crippen LogP contribution < -0.4 is 10.1 Å². The summed E-state index contributed by atoms with van der Waals surface area (Å²) >= 11 is 9.40. The summed E-state index contributed by atoms with van der Waals surface area (Å²) in [5.41, 5.74) is 2.12. The van der Waals surface area contributed by atoms with E-state index < -0.39 is 6.04 Å². The maximum Gasteiger partial charge on any atom is 0.261 e. The fourth-order valence-electron chi connectivity index (χ4n) is 3.99. The second-order valence-electron chi connectivity index (χ2n) is 8.28. The SMILES string of the molecule is CC[C@H](C(=O)NC1CCCC1)N(Cc1ccc(C)cc1)C(=O)COc1ccc(Cl)cc1Br. The zero-order chi connectivity index (χ0) is 23.1. The van der Waals surface area contributed by atoms with E-state index in [1.54, 1.807) is 23.1 Å². The van der Waals surface area contributed by atoms with E-state index in [-0.39, 0.29) is 24.5 Å². The first-order valence-corrected chi connectivity index (χ1v) is 12.3. The lowest BCUT2D eigenvalue weighted by Crippen LogP contribution is -2.52. The molecule has 5 nitrogen and oxygen atoms in total. The van der Waals surface area contributed by atoms with Gasteiger partial charge in [-0.15, -0.1) is 0 Å². The number of halogens is 2. The summed E-state index contributed by atoms with van der Waals surface area (Å²) in [6, 6.07) is 12.8. The minimum absolute atomic E-state index is 0.0902. The van der Waals surface area contributed by atoms with E-state index in [2.05, 4.69) is 21.2 Å². The number of ether oxygens (including phenoxy) is 1. The van der Waals surface area contributed by atoms with Gasteiger partial charge in [0.1, 0.15) is 11.8 Å². The van der Waals surface area contributed by atoms with Gasteiger partial charge < -0.3 is 15.0 Å². The molecule has 0 unspecified atom stereocenters. The van der Waals surface area contributed by atoms with E-state index in [1.165, 1.54) is 0 Å². The molecule has 32 heavy (non-hydrogen) atoms. The van der Waals surface area contributed by atoms with Crippen LogP contribution in [0.5, 0.6) is 5.75 Å². The number of hydrogen-bond acceptors (Lipinski definition) is 3. The quantitative estimate of drug-likeness (QED) is 0.463. The number of carbonyl (C=O) groups excluding carboxylic acids is 2. The van der Waals surface area contributed by atoms with Gasteiger partial charge in [-0.25, -0.2) is 0 Å². The normalized spacial score (nSPS) is 14.8. The van der Waals surface area contributed by atoms with Gasteiger partial charge in [0.25, 0.3) is 5.91 Å². The highest BCUT2D eigenvalue weighted by atomic mass is 79.9. The fourth-order valence-corrected chi connectivity index (χ4v) is 4.79. The van der Waals surface area contributed by atoms with Gasteiger partial charge in [-0.05, 0) is 65.9 Å². The average Bonchev–Trinajstić information content (AvgIpc) is 3.27. The maximum absolute atomic E-state index is 13.3. The van der Waals surface area contributed by atoms with Crippen LogP contribution in [-0.2, 0) is 16.1 Å². The molecule has 2 amide bonds. The van der Waals surface area contributed by atoms with Gasteiger partial charge in [0.05, 0.1) is 4.47 Å². The van der Waals surface area contributed by atoms with Crippen molar-refractivity contribution >= 4 is 39.3 Å². The number of nitrogens with zero attached hydrogens (tertiary/aromatic N) is 1. The van der Waals surface area contributed by atoms with E-state index in [9.17, 15) is 9.59 Å². The molecule has 0 heterocycles. The van der Waals surface area contributed by atoms with Gasteiger partial charge in [-0.3, -0.25) is 9.59 Å². The first-order valence-electron chi connectivity index (χ1n) is 11.1. The summed E-state index contributed by atoms with van der Waals surface area (Å²) in [6.45, 7) is 4.14. The van der Waals surface area contributed by atoms with Crippen molar-refractivity contribution in [1.82, 2.24) is 10.2 Å². The van der Waals surface area contributed by atoms with Crippen molar-refractivity contribution in [2.24, 2.45) is 0 Å². The highest BCUT2D eigenvalue weighted by Crippen LogP contribution is 2.28. The van der Waals surface area contributed by atoms with Gasteiger partial charge >= 0.3 is 0 Å². The van der Waals surface area contributed by atoms with Crippen LogP contribution in [-0.4, -0.2) is 35.4 Å². The van der Waals surface area contributed by atoms with Gasteiger partial charge in [-0.1, -0.05) is 61.2 Å². The first-order chi connectivity index (χ1) is 15.4. The third kappa shape index (κ3) is 6.72. The molecule has 1 aliphatic carbocycles. The Bertz CT molecular complexity index is 929. The van der Waals surface area contributed by atoms with Gasteiger partial charge in [0, 0.05) is 17.6 Å². The molecule has 0 aromatic heterocycles. The molecule has 1 N–H and O–H groups in total. The Morgan fingerprint density at radius 2 is 1.88 bits per heavy atom. The molecule has 2 aromatic rings. The average molecular weight is 522 g/mol. The molecule has 1 fully saturated rings. The number of rotatable bonds is 9. The summed E-state index contributed by atoms with van der Waals surface area (Å²) in [6.07, 6.45) is 4.81. The number of amides is 2. The smallest absolute Gasteiger partial charge is 0.261 e. The Labute approximate surface area is 203 Å². The Balaban J connectivity index is 1.76. The fraction of sp³-hybridized carbons (Fsp3) is 0.440. The molecule has 0 radical (unpaired) electrons. The molecule has 0 aliphatic heterocycles. The second kappa shape index (κ2) is 11.7. The highest BCUT2D eigenvalue weighted by Gasteiger charge is 2.31. The first kappa shape index (κ1) is 24.6. The van der Waals surface area contributed by atoms with Crippen molar-refractivity contribution < 1.29 is 14.3 Å². The second-order valence-corrected chi connectivity index (χ2v) is 9.58. The minimum atomic E-state index is -0.554. The lowest BCUT2D eigenvalue weighted by atomic mass is 10.1. The molecule has 172 valence electrons. The molecule has 1 atom stereocenters. The van der Waals surface area contributed by atoms with E-state index in [4.69, 9.17) is 16.3 Å². The zero-order valence-corrected chi connectivity index (χ0v) is 20.9. The number of hydrogen-bond donors (Lipinski definition) is 1. The van der Waals surface area contributed by atoms with Crippen LogP contribution in [0.25, 0.3) is 0 Å². The van der Waals surface area contributed by atoms with Gasteiger partial charge in [0.2, 0.25) is 5.91 Å². The van der Waals surface area contributed by atoms with Crippen molar-refractivity contribution in [3.63, 3.8) is 0 Å². The molecule has 1 aliphatic rings. The van der Waals surface area contributed by atoms with E-state index >= 15 is 0 Å². The van der Waals surface area contributed by atoms with Crippen LogP contribution in [0.4, 0.5) is 0 Å². The van der Waals surface area contributed by atoms with Crippen LogP contribution in [0.3, 0.4) is 0 Å². The molecule has 0 spiro atoms. The third-order valence-corrected chi connectivity index (χ3v) is 6.66. The van der Waals surface area contributed by atoms with Crippen LogP contribution in [0.1, 0.15) is 50.2 Å². The lowest BCUT2D eigenvalue weighted by Gasteiger charge is -2.31. The van der Waals surface area contributed by atoms with Crippen LogP contribution in [0.15, 0.2) is 46.9 Å². The topological polar surface area (TPSA) is 58.6 Å². The largest absolute Gasteiger partial charge is 0.483 e. The molecular weight excluding hydrogens is 492 g/mol. The predicted octanol–water partition coefficient (Wildman–Crippen LogP) is 5.66. The van der Waals surface area contributed by atoms with Crippen LogP contribution >= 0.6 is 27.5 Å². The van der Waals surface area contributed by atoms with Gasteiger partial charge in [-0.2, -0.15) is 0 Å². The lowest BCUT2D eigenvalue weighted by molar-refractivity contribution is -0.143. The Morgan fingerprint density at radius 3 is 2.50 bits per heavy atom. The molecule has 0 saturated heterocycles. The summed E-state index contributed by atoms with van der Waals surface area (Å²) in [4.78, 5) is 28.0. The number of nitrogens with one attached hydrogen (secondary N) is 1. The van der Waals surface area contributed by atoms with Crippen molar-refractivity contribution in [3.05, 3.63) is 63.1 Å². The third-order valence-electron chi connectivity index (χ3n) is 5.81.